The molecule has 7 heteroatoms. The van der Waals surface area contributed by atoms with E-state index < -0.39 is 5.97 Å². The Kier molecular flexibility index (Phi) is 3.47. The van der Waals surface area contributed by atoms with Crippen molar-refractivity contribution in [2.75, 3.05) is 5.73 Å². The number of hydrogen-bond acceptors (Lipinski definition) is 5. The molecule has 0 saturated carbocycles. The molecule has 0 aliphatic rings. The topological polar surface area (TPSA) is 83.0 Å². The fraction of sp³-hybridized carbons (Fsp3) is 0.182. The second-order valence-corrected chi connectivity index (χ2v) is 4.07. The lowest BCUT2D eigenvalue weighted by Crippen LogP contribution is -2.09. The van der Waals surface area contributed by atoms with Crippen molar-refractivity contribution in [3.05, 3.63) is 40.7 Å². The average Bonchev–Trinajstić information content (AvgIpc) is 2.72. The summed E-state index contributed by atoms with van der Waals surface area (Å²) in [5.74, 6) is -0.580. The summed E-state index contributed by atoms with van der Waals surface area (Å²) < 4.78 is 6.59. The molecule has 1 aromatic heterocycles. The number of nitrogens with zero attached hydrogens (tertiary/aromatic N) is 3. The maximum Gasteiger partial charge on any atom is 0.342 e. The number of ether oxygens (including phenoxy) is 1. The van der Waals surface area contributed by atoms with E-state index in [0.717, 1.165) is 0 Å². The molecule has 2 aromatic rings. The Hall–Kier alpha value is -2.08. The zero-order valence-electron chi connectivity index (χ0n) is 9.63. The summed E-state index contributed by atoms with van der Waals surface area (Å²) in [6.07, 6.45) is 1.66. The minimum absolute atomic E-state index is 0.0251. The first-order valence-corrected chi connectivity index (χ1v) is 5.52. The van der Waals surface area contributed by atoms with Crippen LogP contribution >= 0.6 is 11.6 Å². The van der Waals surface area contributed by atoms with Crippen molar-refractivity contribution < 1.29 is 9.53 Å². The van der Waals surface area contributed by atoms with Crippen LogP contribution in [0.5, 0.6) is 0 Å². The third kappa shape index (κ3) is 2.60. The molecule has 0 spiro atoms. The maximum atomic E-state index is 11.8. The average molecular weight is 267 g/mol. The van der Waals surface area contributed by atoms with Crippen LogP contribution in [0.15, 0.2) is 24.4 Å². The summed E-state index contributed by atoms with van der Waals surface area (Å²) in [7, 11) is 1.73. The van der Waals surface area contributed by atoms with E-state index in [1.54, 1.807) is 31.4 Å². The Labute approximate surface area is 108 Å². The molecule has 1 heterocycles. The summed E-state index contributed by atoms with van der Waals surface area (Å²) in [5.41, 5.74) is 6.68. The molecule has 94 valence electrons. The number of aromatic nitrogens is 3. The number of rotatable bonds is 3. The molecule has 6 nitrogen and oxygen atoms in total. The number of hydrogen-bond donors (Lipinski definition) is 1. The molecule has 0 aliphatic heterocycles. The molecule has 0 fully saturated rings. The van der Waals surface area contributed by atoms with Gasteiger partial charge in [-0.3, -0.25) is 4.68 Å². The van der Waals surface area contributed by atoms with E-state index in [4.69, 9.17) is 22.1 Å². The number of carbonyl (C=O) groups excluding carboxylic acids is 1. The Morgan fingerprint density at radius 1 is 1.56 bits per heavy atom. The molecule has 0 atom stereocenters. The van der Waals surface area contributed by atoms with Crippen LogP contribution in [0.4, 0.5) is 5.69 Å². The van der Waals surface area contributed by atoms with Crippen LogP contribution in [0.25, 0.3) is 0 Å². The molecule has 1 aromatic carbocycles. The third-order valence-electron chi connectivity index (χ3n) is 2.25. The van der Waals surface area contributed by atoms with Gasteiger partial charge in [0.25, 0.3) is 0 Å². The fourth-order valence-electron chi connectivity index (χ4n) is 1.43. The quantitative estimate of drug-likeness (QED) is 0.671. The van der Waals surface area contributed by atoms with Crippen molar-refractivity contribution in [3.63, 3.8) is 0 Å². The van der Waals surface area contributed by atoms with Crippen LogP contribution < -0.4 is 5.73 Å². The van der Waals surface area contributed by atoms with Crippen molar-refractivity contribution >= 4 is 23.3 Å². The molecular formula is C11H11ClN4O2. The van der Waals surface area contributed by atoms with E-state index in [-0.39, 0.29) is 22.9 Å². The summed E-state index contributed by atoms with van der Waals surface area (Å²) in [4.78, 5) is 11.8. The summed E-state index contributed by atoms with van der Waals surface area (Å²) in [6.45, 7) is 0.0251. The monoisotopic (exact) mass is 266 g/mol. The first kappa shape index (κ1) is 12.4. The number of nitrogen functional groups attached to an aromatic ring is 1. The Morgan fingerprint density at radius 2 is 2.33 bits per heavy atom. The van der Waals surface area contributed by atoms with E-state index in [1.807, 2.05) is 0 Å². The lowest BCUT2D eigenvalue weighted by Gasteiger charge is -2.07. The predicted molar refractivity (Wildman–Crippen MR) is 66.0 cm³/mol. The molecule has 0 unspecified atom stereocenters. The zero-order valence-corrected chi connectivity index (χ0v) is 10.4. The molecule has 0 aliphatic carbocycles. The minimum atomic E-state index is -0.580. The van der Waals surface area contributed by atoms with Gasteiger partial charge in [0, 0.05) is 12.7 Å². The van der Waals surface area contributed by atoms with E-state index in [0.29, 0.717) is 5.69 Å². The van der Waals surface area contributed by atoms with Crippen LogP contribution in [0.2, 0.25) is 5.02 Å². The highest BCUT2D eigenvalue weighted by Crippen LogP contribution is 2.22. The highest BCUT2D eigenvalue weighted by atomic mass is 35.5. The zero-order chi connectivity index (χ0) is 13.1. The number of halogens is 1. The van der Waals surface area contributed by atoms with Gasteiger partial charge in [0.2, 0.25) is 0 Å². The SMILES string of the molecule is Cn1cc(COC(=O)c2c(N)cccc2Cl)nn1. The number of esters is 1. The molecule has 0 bridgehead atoms. The normalized spacial score (nSPS) is 10.3. The van der Waals surface area contributed by atoms with Gasteiger partial charge in [-0.25, -0.2) is 4.79 Å². The standard InChI is InChI=1S/C11H11ClN4O2/c1-16-5-7(14-15-16)6-18-11(17)10-8(12)3-2-4-9(10)13/h2-5H,6,13H2,1H3. The van der Waals surface area contributed by atoms with Crippen molar-refractivity contribution in [2.24, 2.45) is 7.05 Å². The van der Waals surface area contributed by atoms with Crippen LogP contribution in [-0.4, -0.2) is 21.0 Å². The van der Waals surface area contributed by atoms with Gasteiger partial charge in [-0.2, -0.15) is 0 Å². The molecule has 18 heavy (non-hydrogen) atoms. The van der Waals surface area contributed by atoms with Gasteiger partial charge in [-0.15, -0.1) is 5.10 Å². The fourth-order valence-corrected chi connectivity index (χ4v) is 1.69. The van der Waals surface area contributed by atoms with Crippen LogP contribution in [0, 0.1) is 0 Å². The smallest absolute Gasteiger partial charge is 0.342 e. The van der Waals surface area contributed by atoms with Crippen LogP contribution in [0.3, 0.4) is 0 Å². The van der Waals surface area contributed by atoms with Gasteiger partial charge in [0.1, 0.15) is 17.9 Å². The van der Waals surface area contributed by atoms with Gasteiger partial charge < -0.3 is 10.5 Å². The van der Waals surface area contributed by atoms with Gasteiger partial charge in [-0.1, -0.05) is 22.9 Å². The lowest BCUT2D eigenvalue weighted by atomic mass is 10.2. The van der Waals surface area contributed by atoms with Crippen molar-refractivity contribution in [3.8, 4) is 0 Å². The summed E-state index contributed by atoms with van der Waals surface area (Å²) in [5, 5.41) is 7.79. The maximum absolute atomic E-state index is 11.8. The summed E-state index contributed by atoms with van der Waals surface area (Å²) in [6, 6.07) is 4.83. The largest absolute Gasteiger partial charge is 0.455 e. The van der Waals surface area contributed by atoms with E-state index >= 15 is 0 Å². The molecule has 0 radical (unpaired) electrons. The van der Waals surface area contributed by atoms with Crippen LogP contribution in [0.1, 0.15) is 16.1 Å². The van der Waals surface area contributed by atoms with Gasteiger partial charge in [0.15, 0.2) is 0 Å². The summed E-state index contributed by atoms with van der Waals surface area (Å²) >= 11 is 5.90. The van der Waals surface area contributed by atoms with Crippen molar-refractivity contribution in [1.29, 1.82) is 0 Å². The van der Waals surface area contributed by atoms with Crippen LogP contribution in [-0.2, 0) is 18.4 Å². The highest BCUT2D eigenvalue weighted by molar-refractivity contribution is 6.34. The van der Waals surface area contributed by atoms with E-state index in [1.165, 1.54) is 4.68 Å². The minimum Gasteiger partial charge on any atom is -0.455 e. The second-order valence-electron chi connectivity index (χ2n) is 3.66. The lowest BCUT2D eigenvalue weighted by molar-refractivity contribution is 0.0469. The number of benzene rings is 1. The number of carbonyl (C=O) groups is 1. The molecule has 2 rings (SSSR count). The van der Waals surface area contributed by atoms with Gasteiger partial charge >= 0.3 is 5.97 Å². The van der Waals surface area contributed by atoms with Crippen molar-refractivity contribution in [2.45, 2.75) is 6.61 Å². The molecule has 0 amide bonds. The van der Waals surface area contributed by atoms with Crippen molar-refractivity contribution in [1.82, 2.24) is 15.0 Å². The third-order valence-corrected chi connectivity index (χ3v) is 2.57. The van der Waals surface area contributed by atoms with E-state index in [2.05, 4.69) is 10.3 Å². The molecular weight excluding hydrogens is 256 g/mol. The van der Waals surface area contributed by atoms with Gasteiger partial charge in [-0.05, 0) is 12.1 Å². The molecule has 0 saturated heterocycles. The number of anilines is 1. The predicted octanol–water partition coefficient (Wildman–Crippen LogP) is 1.41. The Balaban J connectivity index is 2.08. The second kappa shape index (κ2) is 5.05. The number of aryl methyl sites for hydroxylation is 1. The first-order chi connectivity index (χ1) is 8.58. The van der Waals surface area contributed by atoms with Gasteiger partial charge in [0.05, 0.1) is 11.2 Å². The number of nitrogens with two attached hydrogens (primary N) is 1. The highest BCUT2D eigenvalue weighted by Gasteiger charge is 2.15. The van der Waals surface area contributed by atoms with E-state index in [9.17, 15) is 4.79 Å². The first-order valence-electron chi connectivity index (χ1n) is 5.14. The Morgan fingerprint density at radius 3 is 2.94 bits per heavy atom. The Bertz CT molecular complexity index is 562. The molecule has 2 N–H and O–H groups in total.